The van der Waals surface area contributed by atoms with Crippen LogP contribution in [0, 0.1) is 5.82 Å². The van der Waals surface area contributed by atoms with Crippen LogP contribution < -0.4 is 4.74 Å². The zero-order chi connectivity index (χ0) is 22.6. The molecule has 2 unspecified atom stereocenters. The summed E-state index contributed by atoms with van der Waals surface area (Å²) >= 11 is 11.8. The Morgan fingerprint density at radius 1 is 1.13 bits per heavy atom. The number of benzene rings is 2. The first-order valence-corrected chi connectivity index (χ1v) is 11.6. The standard InChI is InChI=1S/C20H20Cl2FNO6S/c21-17-7-6-16(11-18(17)22)31(27,28)24-12-14(25)10-19(24)20(26)30-9-1-8-29-15-4-2-13(23)3-5-15/h2-7,11,14,19,25H,1,8-10,12H2. The van der Waals surface area contributed by atoms with Gasteiger partial charge in [-0.3, -0.25) is 4.79 Å². The molecule has 11 heteroatoms. The quantitative estimate of drug-likeness (QED) is 0.449. The number of aliphatic hydroxyl groups is 1. The molecule has 0 aromatic heterocycles. The highest BCUT2D eigenvalue weighted by Gasteiger charge is 2.44. The van der Waals surface area contributed by atoms with Crippen LogP contribution in [0.25, 0.3) is 0 Å². The molecule has 1 fully saturated rings. The monoisotopic (exact) mass is 491 g/mol. The minimum Gasteiger partial charge on any atom is -0.493 e. The molecule has 2 aromatic carbocycles. The molecule has 0 aliphatic carbocycles. The summed E-state index contributed by atoms with van der Waals surface area (Å²) in [6.07, 6.45) is -0.736. The van der Waals surface area contributed by atoms with E-state index in [9.17, 15) is 22.7 Å². The Labute approximate surface area is 189 Å². The fraction of sp³-hybridized carbons (Fsp3) is 0.350. The molecule has 0 spiro atoms. The number of carbonyl (C=O) groups is 1. The van der Waals surface area contributed by atoms with Crippen LogP contribution in [0.15, 0.2) is 47.4 Å². The second-order valence-corrected chi connectivity index (χ2v) is 9.58. The van der Waals surface area contributed by atoms with E-state index in [1.54, 1.807) is 0 Å². The fourth-order valence-electron chi connectivity index (χ4n) is 3.09. The van der Waals surface area contributed by atoms with Gasteiger partial charge in [0.25, 0.3) is 0 Å². The smallest absolute Gasteiger partial charge is 0.324 e. The number of carbonyl (C=O) groups excluding carboxylic acids is 1. The van der Waals surface area contributed by atoms with Crippen molar-refractivity contribution in [2.75, 3.05) is 19.8 Å². The van der Waals surface area contributed by atoms with Gasteiger partial charge in [-0.2, -0.15) is 4.31 Å². The molecular formula is C20H20Cl2FNO6S. The SMILES string of the molecule is O=C(OCCCOc1ccc(F)cc1)C1CC(O)CN1S(=O)(=O)c1ccc(Cl)c(Cl)c1. The van der Waals surface area contributed by atoms with Gasteiger partial charge in [0.2, 0.25) is 10.0 Å². The second-order valence-electron chi connectivity index (χ2n) is 6.88. The number of hydrogen-bond acceptors (Lipinski definition) is 6. The van der Waals surface area contributed by atoms with Crippen LogP contribution in [0.5, 0.6) is 5.75 Å². The third-order valence-electron chi connectivity index (χ3n) is 4.62. The zero-order valence-corrected chi connectivity index (χ0v) is 18.5. The second kappa shape index (κ2) is 10.1. The normalized spacial score (nSPS) is 19.4. The fourth-order valence-corrected chi connectivity index (χ4v) is 5.10. The molecule has 31 heavy (non-hydrogen) atoms. The Morgan fingerprint density at radius 3 is 2.52 bits per heavy atom. The first-order valence-electron chi connectivity index (χ1n) is 9.38. The third-order valence-corrected chi connectivity index (χ3v) is 7.23. The molecule has 1 N–H and O–H groups in total. The lowest BCUT2D eigenvalue weighted by Crippen LogP contribution is -2.41. The maximum Gasteiger partial charge on any atom is 0.324 e. The number of halogens is 3. The van der Waals surface area contributed by atoms with E-state index in [0.29, 0.717) is 12.2 Å². The highest BCUT2D eigenvalue weighted by molar-refractivity contribution is 7.89. The molecule has 0 radical (unpaired) electrons. The van der Waals surface area contributed by atoms with E-state index < -0.39 is 28.1 Å². The van der Waals surface area contributed by atoms with Gasteiger partial charge in [-0.05, 0) is 42.5 Å². The molecule has 1 heterocycles. The molecule has 1 aliphatic heterocycles. The number of sulfonamides is 1. The van der Waals surface area contributed by atoms with E-state index in [2.05, 4.69) is 0 Å². The van der Waals surface area contributed by atoms with Gasteiger partial charge >= 0.3 is 5.97 Å². The molecule has 7 nitrogen and oxygen atoms in total. The summed E-state index contributed by atoms with van der Waals surface area (Å²) in [6.45, 7) is -0.0270. The Balaban J connectivity index is 1.57. The zero-order valence-electron chi connectivity index (χ0n) is 16.2. The molecule has 1 aliphatic rings. The van der Waals surface area contributed by atoms with Gasteiger partial charge in [-0.25, -0.2) is 12.8 Å². The molecule has 0 bridgehead atoms. The van der Waals surface area contributed by atoms with Crippen molar-refractivity contribution in [3.63, 3.8) is 0 Å². The summed E-state index contributed by atoms with van der Waals surface area (Å²) in [4.78, 5) is 12.4. The maximum atomic E-state index is 13.0. The van der Waals surface area contributed by atoms with Gasteiger partial charge in [0.05, 0.1) is 34.3 Å². The number of esters is 1. The average molecular weight is 492 g/mol. The van der Waals surface area contributed by atoms with Crippen molar-refractivity contribution in [3.05, 3.63) is 58.3 Å². The van der Waals surface area contributed by atoms with Crippen LogP contribution in [-0.2, 0) is 19.6 Å². The van der Waals surface area contributed by atoms with Crippen LogP contribution >= 0.6 is 23.2 Å². The summed E-state index contributed by atoms with van der Waals surface area (Å²) in [5.41, 5.74) is 0. The Morgan fingerprint density at radius 2 is 1.84 bits per heavy atom. The van der Waals surface area contributed by atoms with Crippen molar-refractivity contribution in [1.82, 2.24) is 4.31 Å². The summed E-state index contributed by atoms with van der Waals surface area (Å²) in [5.74, 6) is -0.659. The summed E-state index contributed by atoms with van der Waals surface area (Å²) in [5, 5.41) is 10.2. The van der Waals surface area contributed by atoms with E-state index in [1.165, 1.54) is 42.5 Å². The number of aliphatic hydroxyl groups excluding tert-OH is 1. The summed E-state index contributed by atoms with van der Waals surface area (Å²) < 4.78 is 50.3. The van der Waals surface area contributed by atoms with Gasteiger partial charge in [0, 0.05) is 19.4 Å². The summed E-state index contributed by atoms with van der Waals surface area (Å²) in [7, 11) is -4.11. The lowest BCUT2D eigenvalue weighted by molar-refractivity contribution is -0.147. The number of hydrogen-bond donors (Lipinski definition) is 1. The molecule has 0 amide bonds. The molecule has 1 saturated heterocycles. The lowest BCUT2D eigenvalue weighted by Gasteiger charge is -2.22. The summed E-state index contributed by atoms with van der Waals surface area (Å²) in [6, 6.07) is 8.15. The first kappa shape index (κ1) is 23.7. The third kappa shape index (κ3) is 5.87. The molecule has 2 atom stereocenters. The van der Waals surface area contributed by atoms with Crippen LogP contribution in [0.1, 0.15) is 12.8 Å². The topological polar surface area (TPSA) is 93.1 Å². The maximum absolute atomic E-state index is 13.0. The Kier molecular flexibility index (Phi) is 7.77. The van der Waals surface area contributed by atoms with E-state index >= 15 is 0 Å². The number of ether oxygens (including phenoxy) is 2. The number of β-amino-alcohol motifs (C(OH)–C–C–N with tert-alkyl or cyclic N) is 1. The Bertz CT molecular complexity index is 1030. The number of nitrogens with zero attached hydrogens (tertiary/aromatic N) is 1. The van der Waals surface area contributed by atoms with E-state index in [4.69, 9.17) is 32.7 Å². The van der Waals surface area contributed by atoms with Gasteiger partial charge < -0.3 is 14.6 Å². The van der Waals surface area contributed by atoms with E-state index in [-0.39, 0.29) is 46.9 Å². The average Bonchev–Trinajstić information content (AvgIpc) is 3.13. The van der Waals surface area contributed by atoms with E-state index in [1.807, 2.05) is 0 Å². The Hall–Kier alpha value is -1.91. The van der Waals surface area contributed by atoms with Crippen molar-refractivity contribution in [2.45, 2.75) is 29.9 Å². The van der Waals surface area contributed by atoms with Crippen LogP contribution in [0.2, 0.25) is 10.0 Å². The molecule has 2 aromatic rings. The van der Waals surface area contributed by atoms with E-state index in [0.717, 1.165) is 4.31 Å². The molecule has 0 saturated carbocycles. The van der Waals surface area contributed by atoms with Crippen LogP contribution in [0.4, 0.5) is 4.39 Å². The van der Waals surface area contributed by atoms with Crippen LogP contribution in [-0.4, -0.2) is 55.7 Å². The van der Waals surface area contributed by atoms with Gasteiger partial charge in [0.1, 0.15) is 17.6 Å². The minimum atomic E-state index is -4.11. The van der Waals surface area contributed by atoms with Crippen LogP contribution in [0.3, 0.4) is 0 Å². The van der Waals surface area contributed by atoms with Gasteiger partial charge in [-0.15, -0.1) is 0 Å². The number of rotatable bonds is 8. The largest absolute Gasteiger partial charge is 0.493 e. The highest BCUT2D eigenvalue weighted by Crippen LogP contribution is 2.31. The highest BCUT2D eigenvalue weighted by atomic mass is 35.5. The first-order chi connectivity index (χ1) is 14.7. The molecular weight excluding hydrogens is 472 g/mol. The van der Waals surface area contributed by atoms with Gasteiger partial charge in [0.15, 0.2) is 0 Å². The van der Waals surface area contributed by atoms with Crippen molar-refractivity contribution in [1.29, 1.82) is 0 Å². The van der Waals surface area contributed by atoms with Gasteiger partial charge in [-0.1, -0.05) is 23.2 Å². The minimum absolute atomic E-state index is 0.00666. The van der Waals surface area contributed by atoms with Crippen molar-refractivity contribution in [3.8, 4) is 5.75 Å². The molecule has 3 rings (SSSR count). The lowest BCUT2D eigenvalue weighted by atomic mass is 10.2. The predicted octanol–water partition coefficient (Wildman–Crippen LogP) is 3.27. The predicted molar refractivity (Wildman–Crippen MR) is 112 cm³/mol. The van der Waals surface area contributed by atoms with Crippen molar-refractivity contribution in [2.24, 2.45) is 0 Å². The molecule has 168 valence electrons. The van der Waals surface area contributed by atoms with Crippen molar-refractivity contribution < 1.29 is 32.2 Å². The van der Waals surface area contributed by atoms with Crippen molar-refractivity contribution >= 4 is 39.2 Å².